The van der Waals surface area contributed by atoms with E-state index in [1.54, 1.807) is 0 Å². The highest BCUT2D eigenvalue weighted by Gasteiger charge is 2.17. The van der Waals surface area contributed by atoms with E-state index in [-0.39, 0.29) is 0 Å². The number of rotatable bonds is 17. The third-order valence-electron chi connectivity index (χ3n) is 6.49. The van der Waals surface area contributed by atoms with Crippen molar-refractivity contribution in [3.8, 4) is 16.9 Å². The number of hydrogen-bond acceptors (Lipinski definition) is 3. The topological polar surface area (TPSA) is 49.7 Å². The van der Waals surface area contributed by atoms with Crippen molar-refractivity contribution < 1.29 is 14.3 Å². The molecule has 2 aromatic carbocycles. The van der Waals surface area contributed by atoms with Crippen LogP contribution >= 0.6 is 8.60 Å². The van der Waals surface area contributed by atoms with Gasteiger partial charge in [-0.15, -0.1) is 0 Å². The second kappa shape index (κ2) is 16.3. The average molecular weight is 473 g/mol. The van der Waals surface area contributed by atoms with Gasteiger partial charge in [0.25, 0.3) is 0 Å². The summed E-state index contributed by atoms with van der Waals surface area (Å²) in [5.74, 6) is 0.620. The Kier molecular flexibility index (Phi) is 13.7. The molecule has 0 amide bonds. The smallest absolute Gasteiger partial charge is 0.391 e. The Morgan fingerprint density at radius 2 is 1.15 bits per heavy atom. The lowest BCUT2D eigenvalue weighted by Gasteiger charge is -2.20. The third kappa shape index (κ3) is 9.39. The van der Waals surface area contributed by atoms with Crippen LogP contribution in [0.1, 0.15) is 108 Å². The SMILES string of the molecule is CCCCCCCCCc1c(OP(O)O)cccc1-c1cccc(CCCC)c1CCCC. The molecule has 0 aromatic heterocycles. The van der Waals surface area contributed by atoms with Crippen LogP contribution in [0.5, 0.6) is 5.75 Å². The average Bonchev–Trinajstić information content (AvgIpc) is 2.81. The molecule has 0 heterocycles. The minimum Gasteiger partial charge on any atom is -0.427 e. The van der Waals surface area contributed by atoms with Crippen molar-refractivity contribution in [1.82, 2.24) is 0 Å². The summed E-state index contributed by atoms with van der Waals surface area (Å²) in [6.45, 7) is 6.75. The van der Waals surface area contributed by atoms with Gasteiger partial charge in [-0.05, 0) is 66.8 Å². The Bertz CT molecular complexity index is 803. The highest BCUT2D eigenvalue weighted by Crippen LogP contribution is 2.40. The van der Waals surface area contributed by atoms with Crippen LogP contribution in [0.25, 0.3) is 11.1 Å². The van der Waals surface area contributed by atoms with Crippen LogP contribution in [0, 0.1) is 0 Å². The molecule has 3 nitrogen and oxygen atoms in total. The van der Waals surface area contributed by atoms with Gasteiger partial charge >= 0.3 is 8.60 Å². The van der Waals surface area contributed by atoms with E-state index in [2.05, 4.69) is 45.0 Å². The summed E-state index contributed by atoms with van der Waals surface area (Å²) in [5, 5.41) is 0. The lowest BCUT2D eigenvalue weighted by Crippen LogP contribution is -2.02. The zero-order chi connectivity index (χ0) is 23.9. The Morgan fingerprint density at radius 3 is 1.82 bits per heavy atom. The fourth-order valence-corrected chi connectivity index (χ4v) is 4.99. The maximum absolute atomic E-state index is 9.59. The van der Waals surface area contributed by atoms with E-state index in [1.165, 1.54) is 86.5 Å². The van der Waals surface area contributed by atoms with E-state index >= 15 is 0 Å². The Hall–Kier alpha value is -1.41. The fraction of sp³-hybridized carbons (Fsp3) is 0.586. The summed E-state index contributed by atoms with van der Waals surface area (Å²) in [6.07, 6.45) is 16.6. The minimum atomic E-state index is -2.43. The van der Waals surface area contributed by atoms with E-state index in [1.807, 2.05) is 12.1 Å². The van der Waals surface area contributed by atoms with Crippen LogP contribution in [-0.4, -0.2) is 9.79 Å². The predicted molar refractivity (Wildman–Crippen MR) is 143 cm³/mol. The summed E-state index contributed by atoms with van der Waals surface area (Å²) < 4.78 is 5.51. The first-order valence-corrected chi connectivity index (χ1v) is 14.4. The quantitative estimate of drug-likeness (QED) is 0.178. The van der Waals surface area contributed by atoms with Gasteiger partial charge in [0.1, 0.15) is 5.75 Å². The molecule has 0 fully saturated rings. The first kappa shape index (κ1) is 27.8. The minimum absolute atomic E-state index is 0.620. The molecule has 0 atom stereocenters. The van der Waals surface area contributed by atoms with Crippen LogP contribution in [-0.2, 0) is 19.3 Å². The molecule has 0 aliphatic heterocycles. The maximum atomic E-state index is 9.59. The molecule has 33 heavy (non-hydrogen) atoms. The first-order valence-electron chi connectivity index (χ1n) is 13.2. The van der Waals surface area contributed by atoms with Gasteiger partial charge < -0.3 is 14.3 Å². The van der Waals surface area contributed by atoms with Crippen molar-refractivity contribution in [3.63, 3.8) is 0 Å². The van der Waals surface area contributed by atoms with E-state index in [4.69, 9.17) is 4.52 Å². The van der Waals surface area contributed by atoms with Gasteiger partial charge in [-0.1, -0.05) is 102 Å². The zero-order valence-electron chi connectivity index (χ0n) is 21.1. The molecule has 0 aliphatic rings. The molecule has 4 heteroatoms. The van der Waals surface area contributed by atoms with E-state index in [0.717, 1.165) is 31.2 Å². The predicted octanol–water partition coefficient (Wildman–Crippen LogP) is 8.92. The molecule has 0 spiro atoms. The molecule has 2 rings (SSSR count). The Morgan fingerprint density at radius 1 is 0.606 bits per heavy atom. The van der Waals surface area contributed by atoms with Crippen molar-refractivity contribution in [2.45, 2.75) is 111 Å². The van der Waals surface area contributed by atoms with Crippen molar-refractivity contribution >= 4 is 8.60 Å². The molecule has 0 unspecified atom stereocenters. The molecule has 0 radical (unpaired) electrons. The summed E-state index contributed by atoms with van der Waals surface area (Å²) in [5.41, 5.74) is 6.52. The van der Waals surface area contributed by atoms with Crippen LogP contribution < -0.4 is 4.52 Å². The van der Waals surface area contributed by atoms with Gasteiger partial charge in [0.15, 0.2) is 0 Å². The number of benzene rings is 2. The van der Waals surface area contributed by atoms with Crippen LogP contribution in [0.3, 0.4) is 0 Å². The molecule has 0 saturated heterocycles. The molecule has 184 valence electrons. The summed E-state index contributed by atoms with van der Waals surface area (Å²) in [4.78, 5) is 19.2. The normalized spacial score (nSPS) is 11.3. The molecular weight excluding hydrogens is 427 g/mol. The molecule has 2 N–H and O–H groups in total. The highest BCUT2D eigenvalue weighted by atomic mass is 31.2. The maximum Gasteiger partial charge on any atom is 0.391 e. The zero-order valence-corrected chi connectivity index (χ0v) is 22.0. The molecular formula is C29H45O3P. The molecule has 0 bridgehead atoms. The Balaban J connectivity index is 2.35. The van der Waals surface area contributed by atoms with Gasteiger partial charge in [-0.2, -0.15) is 0 Å². The van der Waals surface area contributed by atoms with Crippen molar-refractivity contribution in [1.29, 1.82) is 0 Å². The number of unbranched alkanes of at least 4 members (excludes halogenated alkanes) is 8. The molecule has 0 saturated carbocycles. The lowest BCUT2D eigenvalue weighted by molar-refractivity contribution is 0.373. The van der Waals surface area contributed by atoms with Gasteiger partial charge in [-0.25, -0.2) is 0 Å². The first-order chi connectivity index (χ1) is 16.1. The summed E-state index contributed by atoms with van der Waals surface area (Å²) in [6, 6.07) is 12.8. The van der Waals surface area contributed by atoms with Gasteiger partial charge in [0.2, 0.25) is 0 Å². The fourth-order valence-electron chi connectivity index (χ4n) is 4.65. The standard InChI is InChI=1S/C29H45O3P/c1-4-7-10-11-12-13-14-20-28-27(22-16-23-29(28)32-33(30)31)26-21-15-18-24(17-8-5-2)25(26)19-9-6-3/h15-16,18,21-23,30-31H,4-14,17,19-20H2,1-3H3. The van der Waals surface area contributed by atoms with E-state index in [0.29, 0.717) is 5.75 Å². The molecule has 2 aromatic rings. The van der Waals surface area contributed by atoms with Crippen LogP contribution in [0.15, 0.2) is 36.4 Å². The lowest BCUT2D eigenvalue weighted by atomic mass is 9.87. The summed E-state index contributed by atoms with van der Waals surface area (Å²) >= 11 is 0. The van der Waals surface area contributed by atoms with Crippen LogP contribution in [0.2, 0.25) is 0 Å². The Labute approximate surface area is 203 Å². The van der Waals surface area contributed by atoms with Crippen LogP contribution in [0.4, 0.5) is 0 Å². The van der Waals surface area contributed by atoms with Gasteiger partial charge in [-0.3, -0.25) is 0 Å². The third-order valence-corrected chi connectivity index (χ3v) is 6.85. The van der Waals surface area contributed by atoms with Gasteiger partial charge in [0.05, 0.1) is 0 Å². The molecule has 0 aliphatic carbocycles. The highest BCUT2D eigenvalue weighted by molar-refractivity contribution is 7.39. The summed E-state index contributed by atoms with van der Waals surface area (Å²) in [7, 11) is -2.43. The van der Waals surface area contributed by atoms with Gasteiger partial charge in [0, 0.05) is 5.56 Å². The van der Waals surface area contributed by atoms with Crippen molar-refractivity contribution in [2.75, 3.05) is 0 Å². The monoisotopic (exact) mass is 472 g/mol. The van der Waals surface area contributed by atoms with E-state index in [9.17, 15) is 9.79 Å². The van der Waals surface area contributed by atoms with E-state index < -0.39 is 8.60 Å². The number of hydrogen-bond donors (Lipinski definition) is 2. The van der Waals surface area contributed by atoms with Crippen molar-refractivity contribution in [3.05, 3.63) is 53.1 Å². The van der Waals surface area contributed by atoms with Crippen molar-refractivity contribution in [2.24, 2.45) is 0 Å². The second-order valence-corrected chi connectivity index (χ2v) is 9.84. The largest absolute Gasteiger partial charge is 0.427 e. The second-order valence-electron chi connectivity index (χ2n) is 9.15. The number of aryl methyl sites for hydroxylation is 1.